The molecule has 0 aromatic carbocycles. The predicted molar refractivity (Wildman–Crippen MR) is 69.2 cm³/mol. The SMILES string of the molecule is N#Cc1ncn(Cc2csc(-c3ccccn3)n2)n1. The number of nitrogens with zero attached hydrogens (tertiary/aromatic N) is 6. The van der Waals surface area contributed by atoms with Crippen LogP contribution in [0.3, 0.4) is 0 Å². The first-order valence-electron chi connectivity index (χ1n) is 5.50. The normalized spacial score (nSPS) is 10.3. The van der Waals surface area contributed by atoms with Gasteiger partial charge in [-0.3, -0.25) is 4.98 Å². The molecule has 0 aliphatic rings. The summed E-state index contributed by atoms with van der Waals surface area (Å²) >= 11 is 1.53. The highest BCUT2D eigenvalue weighted by atomic mass is 32.1. The van der Waals surface area contributed by atoms with Crippen molar-refractivity contribution < 1.29 is 0 Å². The summed E-state index contributed by atoms with van der Waals surface area (Å²) in [5, 5.41) is 15.5. The summed E-state index contributed by atoms with van der Waals surface area (Å²) in [7, 11) is 0. The second-order valence-electron chi connectivity index (χ2n) is 3.74. The van der Waals surface area contributed by atoms with E-state index in [1.165, 1.54) is 17.7 Å². The van der Waals surface area contributed by atoms with Gasteiger partial charge in [0, 0.05) is 11.6 Å². The topological polar surface area (TPSA) is 80.3 Å². The molecule has 3 aromatic rings. The van der Waals surface area contributed by atoms with E-state index in [0.29, 0.717) is 6.54 Å². The molecule has 0 radical (unpaired) electrons. The summed E-state index contributed by atoms with van der Waals surface area (Å²) in [5.74, 6) is 0.167. The van der Waals surface area contributed by atoms with Crippen molar-refractivity contribution in [2.75, 3.05) is 0 Å². The average Bonchev–Trinajstić information content (AvgIpc) is 3.09. The summed E-state index contributed by atoms with van der Waals surface area (Å²) in [5.41, 5.74) is 1.73. The maximum Gasteiger partial charge on any atom is 0.252 e. The van der Waals surface area contributed by atoms with Gasteiger partial charge in [0.05, 0.1) is 17.9 Å². The predicted octanol–water partition coefficient (Wildman–Crippen LogP) is 1.72. The van der Waals surface area contributed by atoms with Crippen LogP contribution in [0.25, 0.3) is 10.7 Å². The molecule has 0 spiro atoms. The molecule has 3 aromatic heterocycles. The molecule has 92 valence electrons. The van der Waals surface area contributed by atoms with Gasteiger partial charge in [0.1, 0.15) is 17.4 Å². The van der Waals surface area contributed by atoms with E-state index in [1.807, 2.05) is 29.6 Å². The number of nitriles is 1. The van der Waals surface area contributed by atoms with E-state index in [-0.39, 0.29) is 5.82 Å². The third-order valence-corrected chi connectivity index (χ3v) is 3.31. The van der Waals surface area contributed by atoms with Gasteiger partial charge in [-0.15, -0.1) is 16.4 Å². The smallest absolute Gasteiger partial charge is 0.252 e. The van der Waals surface area contributed by atoms with Crippen LogP contribution in [-0.2, 0) is 6.54 Å². The van der Waals surface area contributed by atoms with Gasteiger partial charge in [-0.05, 0) is 12.1 Å². The lowest BCUT2D eigenvalue weighted by Crippen LogP contribution is -2.00. The van der Waals surface area contributed by atoms with Crippen molar-refractivity contribution in [3.63, 3.8) is 0 Å². The van der Waals surface area contributed by atoms with Gasteiger partial charge in [0.2, 0.25) is 0 Å². The van der Waals surface area contributed by atoms with Crippen LogP contribution < -0.4 is 0 Å². The van der Waals surface area contributed by atoms with E-state index in [4.69, 9.17) is 5.26 Å². The Bertz CT molecular complexity index is 724. The summed E-state index contributed by atoms with van der Waals surface area (Å²) in [6, 6.07) is 7.62. The van der Waals surface area contributed by atoms with Crippen molar-refractivity contribution in [3.8, 4) is 16.8 Å². The fraction of sp³-hybridized carbons (Fsp3) is 0.0833. The first-order chi connectivity index (χ1) is 9.35. The molecule has 0 amide bonds. The fourth-order valence-corrected chi connectivity index (χ4v) is 2.36. The number of rotatable bonds is 3. The van der Waals surface area contributed by atoms with Crippen LogP contribution in [-0.4, -0.2) is 24.7 Å². The molecule has 0 aliphatic heterocycles. The Morgan fingerprint density at radius 1 is 1.32 bits per heavy atom. The van der Waals surface area contributed by atoms with Gasteiger partial charge in [-0.1, -0.05) is 6.07 Å². The van der Waals surface area contributed by atoms with E-state index >= 15 is 0 Å². The number of aromatic nitrogens is 5. The maximum atomic E-state index is 8.66. The van der Waals surface area contributed by atoms with Crippen molar-refractivity contribution in [3.05, 3.63) is 47.6 Å². The molecule has 0 saturated carbocycles. The number of hydrogen-bond acceptors (Lipinski definition) is 6. The van der Waals surface area contributed by atoms with Gasteiger partial charge in [0.15, 0.2) is 0 Å². The molecule has 7 heteroatoms. The molecule has 0 N–H and O–H groups in total. The Kier molecular flexibility index (Phi) is 3.00. The van der Waals surface area contributed by atoms with E-state index in [1.54, 1.807) is 10.9 Å². The van der Waals surface area contributed by atoms with Crippen LogP contribution in [0, 0.1) is 11.3 Å². The monoisotopic (exact) mass is 268 g/mol. The minimum absolute atomic E-state index is 0.167. The number of thiazole rings is 1. The van der Waals surface area contributed by atoms with Crippen LogP contribution in [0.15, 0.2) is 36.1 Å². The van der Waals surface area contributed by atoms with Crippen molar-refractivity contribution >= 4 is 11.3 Å². The standard InChI is InChI=1S/C12H8N6S/c13-5-11-15-8-18(17-11)6-9-7-19-12(16-9)10-3-1-2-4-14-10/h1-4,7-8H,6H2. The molecule has 0 aliphatic carbocycles. The highest BCUT2D eigenvalue weighted by molar-refractivity contribution is 7.13. The average molecular weight is 268 g/mol. The summed E-state index contributed by atoms with van der Waals surface area (Å²) in [6.45, 7) is 0.498. The lowest BCUT2D eigenvalue weighted by Gasteiger charge is -1.95. The quantitative estimate of drug-likeness (QED) is 0.722. The Hall–Kier alpha value is -2.59. The number of pyridine rings is 1. The zero-order chi connectivity index (χ0) is 13.1. The van der Waals surface area contributed by atoms with Gasteiger partial charge in [-0.25, -0.2) is 14.6 Å². The molecular weight excluding hydrogens is 260 g/mol. The van der Waals surface area contributed by atoms with Gasteiger partial charge >= 0.3 is 0 Å². The Morgan fingerprint density at radius 3 is 3.00 bits per heavy atom. The molecule has 3 rings (SSSR count). The van der Waals surface area contributed by atoms with E-state index in [9.17, 15) is 0 Å². The molecule has 6 nitrogen and oxygen atoms in total. The van der Waals surface area contributed by atoms with Crippen LogP contribution in [0.1, 0.15) is 11.5 Å². The molecule has 3 heterocycles. The summed E-state index contributed by atoms with van der Waals surface area (Å²) < 4.78 is 1.59. The van der Waals surface area contributed by atoms with E-state index in [2.05, 4.69) is 20.1 Å². The Balaban J connectivity index is 1.80. The van der Waals surface area contributed by atoms with Crippen molar-refractivity contribution in [2.24, 2.45) is 0 Å². The van der Waals surface area contributed by atoms with Crippen molar-refractivity contribution in [2.45, 2.75) is 6.54 Å². The largest absolute Gasteiger partial charge is 0.254 e. The molecule has 0 saturated heterocycles. The number of hydrogen-bond donors (Lipinski definition) is 0. The summed E-state index contributed by atoms with van der Waals surface area (Å²) in [4.78, 5) is 12.6. The molecule has 0 unspecified atom stereocenters. The molecule has 0 atom stereocenters. The van der Waals surface area contributed by atoms with Gasteiger partial charge in [-0.2, -0.15) is 5.26 Å². The van der Waals surface area contributed by atoms with Crippen molar-refractivity contribution in [1.29, 1.82) is 5.26 Å². The zero-order valence-electron chi connectivity index (χ0n) is 9.76. The van der Waals surface area contributed by atoms with Crippen LogP contribution >= 0.6 is 11.3 Å². The molecule has 19 heavy (non-hydrogen) atoms. The van der Waals surface area contributed by atoms with Crippen LogP contribution in [0.4, 0.5) is 0 Å². The first-order valence-corrected chi connectivity index (χ1v) is 6.38. The lowest BCUT2D eigenvalue weighted by atomic mass is 10.4. The maximum absolute atomic E-state index is 8.66. The third-order valence-electron chi connectivity index (χ3n) is 2.40. The minimum Gasteiger partial charge on any atom is -0.254 e. The second kappa shape index (κ2) is 4.96. The Morgan fingerprint density at radius 2 is 2.26 bits per heavy atom. The van der Waals surface area contributed by atoms with Gasteiger partial charge < -0.3 is 0 Å². The lowest BCUT2D eigenvalue weighted by molar-refractivity contribution is 0.672. The molecule has 0 fully saturated rings. The van der Waals surface area contributed by atoms with Crippen LogP contribution in [0.2, 0.25) is 0 Å². The zero-order valence-corrected chi connectivity index (χ0v) is 10.6. The summed E-state index contributed by atoms with van der Waals surface area (Å²) in [6.07, 6.45) is 3.27. The van der Waals surface area contributed by atoms with E-state index in [0.717, 1.165) is 16.4 Å². The Labute approximate surface area is 113 Å². The van der Waals surface area contributed by atoms with E-state index < -0.39 is 0 Å². The molecular formula is C12H8N6S. The molecule has 0 bridgehead atoms. The minimum atomic E-state index is 0.167. The first kappa shape index (κ1) is 11.5. The van der Waals surface area contributed by atoms with Gasteiger partial charge in [0.25, 0.3) is 5.82 Å². The van der Waals surface area contributed by atoms with Crippen LogP contribution in [0.5, 0.6) is 0 Å². The second-order valence-corrected chi connectivity index (χ2v) is 4.59. The third kappa shape index (κ3) is 2.48. The fourth-order valence-electron chi connectivity index (χ4n) is 1.57. The highest BCUT2D eigenvalue weighted by Gasteiger charge is 2.07. The van der Waals surface area contributed by atoms with Crippen molar-refractivity contribution in [1.82, 2.24) is 24.7 Å². The highest BCUT2D eigenvalue weighted by Crippen LogP contribution is 2.21.